The summed E-state index contributed by atoms with van der Waals surface area (Å²) in [5, 5.41) is 11.6. The van der Waals surface area contributed by atoms with Gasteiger partial charge in [0.25, 0.3) is 0 Å². The van der Waals surface area contributed by atoms with Gasteiger partial charge >= 0.3 is 0 Å². The molecule has 0 aliphatic carbocycles. The summed E-state index contributed by atoms with van der Waals surface area (Å²) in [5.41, 5.74) is 2.55. The standard InChI is InChI=1S/C20H25N5O/c1-20(2,3)19(25-17-12-5-4-11-16(17)23-24-25)22-18(26)13-8-10-15-9-6-7-14-21-15/h4-7,9,11-12,14,19H,8,10,13H2,1-3H3,(H,22,26). The second-order valence-corrected chi connectivity index (χ2v) is 7.53. The molecule has 3 aromatic rings. The number of nitrogens with zero attached hydrogens (tertiary/aromatic N) is 4. The number of rotatable bonds is 6. The van der Waals surface area contributed by atoms with Gasteiger partial charge < -0.3 is 5.32 Å². The highest BCUT2D eigenvalue weighted by Gasteiger charge is 2.30. The maximum absolute atomic E-state index is 12.5. The number of aromatic nitrogens is 4. The summed E-state index contributed by atoms with van der Waals surface area (Å²) in [7, 11) is 0. The van der Waals surface area contributed by atoms with E-state index in [-0.39, 0.29) is 17.5 Å². The number of hydrogen-bond acceptors (Lipinski definition) is 4. The topological polar surface area (TPSA) is 72.7 Å². The SMILES string of the molecule is CC(C)(C)C(NC(=O)CCCc1ccccn1)n1nnc2ccccc21. The zero-order chi connectivity index (χ0) is 18.6. The molecule has 1 atom stereocenters. The van der Waals surface area contributed by atoms with Crippen molar-refractivity contribution in [2.75, 3.05) is 0 Å². The minimum Gasteiger partial charge on any atom is -0.334 e. The van der Waals surface area contributed by atoms with Crippen LogP contribution in [0.3, 0.4) is 0 Å². The van der Waals surface area contributed by atoms with Crippen molar-refractivity contribution in [3.05, 3.63) is 54.4 Å². The first-order valence-electron chi connectivity index (χ1n) is 8.94. The van der Waals surface area contributed by atoms with E-state index in [4.69, 9.17) is 0 Å². The highest BCUT2D eigenvalue weighted by atomic mass is 16.1. The molecule has 1 aromatic carbocycles. The third-order valence-electron chi connectivity index (χ3n) is 4.30. The molecule has 6 heteroatoms. The van der Waals surface area contributed by atoms with Crippen molar-refractivity contribution in [1.82, 2.24) is 25.3 Å². The first-order valence-corrected chi connectivity index (χ1v) is 8.94. The Morgan fingerprint density at radius 2 is 1.92 bits per heavy atom. The van der Waals surface area contributed by atoms with Gasteiger partial charge in [-0.2, -0.15) is 0 Å². The van der Waals surface area contributed by atoms with Crippen molar-refractivity contribution in [3.8, 4) is 0 Å². The van der Waals surface area contributed by atoms with Gasteiger partial charge in [-0.05, 0) is 37.1 Å². The normalized spacial score (nSPS) is 12.9. The second kappa shape index (κ2) is 7.64. The summed E-state index contributed by atoms with van der Waals surface area (Å²) >= 11 is 0. The fourth-order valence-corrected chi connectivity index (χ4v) is 2.92. The Bertz CT molecular complexity index is 867. The average molecular weight is 351 g/mol. The van der Waals surface area contributed by atoms with E-state index in [1.807, 2.05) is 47.1 Å². The smallest absolute Gasteiger partial charge is 0.221 e. The van der Waals surface area contributed by atoms with E-state index in [0.717, 1.165) is 29.6 Å². The van der Waals surface area contributed by atoms with Gasteiger partial charge in [0, 0.05) is 23.7 Å². The highest BCUT2D eigenvalue weighted by molar-refractivity contribution is 5.77. The van der Waals surface area contributed by atoms with Crippen LogP contribution in [-0.4, -0.2) is 25.9 Å². The number of nitrogens with one attached hydrogen (secondary N) is 1. The second-order valence-electron chi connectivity index (χ2n) is 7.53. The van der Waals surface area contributed by atoms with Crippen LogP contribution in [0.1, 0.15) is 45.5 Å². The van der Waals surface area contributed by atoms with Gasteiger partial charge in [0.2, 0.25) is 5.91 Å². The van der Waals surface area contributed by atoms with Crippen LogP contribution in [0.25, 0.3) is 11.0 Å². The number of aryl methyl sites for hydroxylation is 1. The van der Waals surface area contributed by atoms with E-state index in [2.05, 4.69) is 41.4 Å². The Morgan fingerprint density at radius 1 is 1.15 bits per heavy atom. The van der Waals surface area contributed by atoms with Crippen LogP contribution in [0.2, 0.25) is 0 Å². The Labute approximate surface area is 153 Å². The number of fused-ring (bicyclic) bond motifs is 1. The maximum Gasteiger partial charge on any atom is 0.221 e. The molecule has 2 aromatic heterocycles. The molecular formula is C20H25N5O. The number of hydrogen-bond donors (Lipinski definition) is 1. The Morgan fingerprint density at radius 3 is 2.65 bits per heavy atom. The molecule has 1 amide bonds. The molecule has 0 saturated heterocycles. The van der Waals surface area contributed by atoms with Gasteiger partial charge in [-0.3, -0.25) is 9.78 Å². The molecule has 3 rings (SSSR count). The van der Waals surface area contributed by atoms with Gasteiger partial charge in [-0.1, -0.05) is 44.2 Å². The molecule has 2 heterocycles. The molecule has 0 aliphatic rings. The summed E-state index contributed by atoms with van der Waals surface area (Å²) in [6.45, 7) is 6.26. The van der Waals surface area contributed by atoms with Gasteiger partial charge in [0.15, 0.2) is 0 Å². The molecule has 0 spiro atoms. The van der Waals surface area contributed by atoms with E-state index >= 15 is 0 Å². The summed E-state index contributed by atoms with van der Waals surface area (Å²) in [5.74, 6) is 0.0143. The third kappa shape index (κ3) is 4.25. The average Bonchev–Trinajstić information content (AvgIpc) is 3.03. The first kappa shape index (κ1) is 18.0. The van der Waals surface area contributed by atoms with Gasteiger partial charge in [0.1, 0.15) is 11.7 Å². The number of amides is 1. The van der Waals surface area contributed by atoms with Crippen LogP contribution >= 0.6 is 0 Å². The van der Waals surface area contributed by atoms with Crippen molar-refractivity contribution in [1.29, 1.82) is 0 Å². The molecule has 1 N–H and O–H groups in total. The minimum absolute atomic E-state index is 0.0143. The minimum atomic E-state index is -0.266. The molecule has 26 heavy (non-hydrogen) atoms. The molecular weight excluding hydrogens is 326 g/mol. The molecule has 1 unspecified atom stereocenters. The van der Waals surface area contributed by atoms with E-state index in [0.29, 0.717) is 6.42 Å². The summed E-state index contributed by atoms with van der Waals surface area (Å²) in [6, 6.07) is 13.6. The van der Waals surface area contributed by atoms with Crippen LogP contribution in [0.4, 0.5) is 0 Å². The predicted molar refractivity (Wildman–Crippen MR) is 101 cm³/mol. The number of pyridine rings is 1. The van der Waals surface area contributed by atoms with Crippen LogP contribution < -0.4 is 5.32 Å². The lowest BCUT2D eigenvalue weighted by atomic mass is 9.92. The first-order chi connectivity index (χ1) is 12.4. The van der Waals surface area contributed by atoms with Gasteiger partial charge in [0.05, 0.1) is 5.52 Å². The molecule has 136 valence electrons. The Hall–Kier alpha value is -2.76. The van der Waals surface area contributed by atoms with Crippen molar-refractivity contribution in [2.45, 2.75) is 46.2 Å². The number of carbonyl (C=O) groups is 1. The quantitative estimate of drug-likeness (QED) is 0.737. The largest absolute Gasteiger partial charge is 0.334 e. The van der Waals surface area contributed by atoms with E-state index in [9.17, 15) is 4.79 Å². The van der Waals surface area contributed by atoms with Crippen LogP contribution in [-0.2, 0) is 11.2 Å². The summed E-state index contributed by atoms with van der Waals surface area (Å²) in [6.07, 6.45) is 3.52. The lowest BCUT2D eigenvalue weighted by Crippen LogP contribution is -2.41. The molecule has 0 saturated carbocycles. The summed E-state index contributed by atoms with van der Waals surface area (Å²) in [4.78, 5) is 16.8. The van der Waals surface area contributed by atoms with Crippen LogP contribution in [0.15, 0.2) is 48.7 Å². The van der Waals surface area contributed by atoms with Crippen molar-refractivity contribution in [2.24, 2.45) is 5.41 Å². The van der Waals surface area contributed by atoms with Gasteiger partial charge in [-0.25, -0.2) is 4.68 Å². The predicted octanol–water partition coefficient (Wildman–Crippen LogP) is 3.51. The van der Waals surface area contributed by atoms with Crippen molar-refractivity contribution >= 4 is 16.9 Å². The van der Waals surface area contributed by atoms with E-state index in [1.165, 1.54) is 0 Å². The number of benzene rings is 1. The highest BCUT2D eigenvalue weighted by Crippen LogP contribution is 2.30. The molecule has 6 nitrogen and oxygen atoms in total. The summed E-state index contributed by atoms with van der Waals surface area (Å²) < 4.78 is 1.81. The zero-order valence-electron chi connectivity index (χ0n) is 15.5. The Kier molecular flexibility index (Phi) is 5.30. The molecule has 0 radical (unpaired) electrons. The molecule has 0 fully saturated rings. The molecule has 0 bridgehead atoms. The monoisotopic (exact) mass is 351 g/mol. The van der Waals surface area contributed by atoms with Crippen molar-refractivity contribution < 1.29 is 4.79 Å². The lowest BCUT2D eigenvalue weighted by Gasteiger charge is -2.31. The van der Waals surface area contributed by atoms with E-state index in [1.54, 1.807) is 6.20 Å². The number of carbonyl (C=O) groups excluding carboxylic acids is 1. The zero-order valence-corrected chi connectivity index (χ0v) is 15.5. The Balaban J connectivity index is 1.68. The maximum atomic E-state index is 12.5. The fourth-order valence-electron chi connectivity index (χ4n) is 2.92. The lowest BCUT2D eigenvalue weighted by molar-refractivity contribution is -0.123. The van der Waals surface area contributed by atoms with E-state index < -0.39 is 0 Å². The van der Waals surface area contributed by atoms with Crippen LogP contribution in [0, 0.1) is 5.41 Å². The molecule has 0 aliphatic heterocycles. The fraction of sp³-hybridized carbons (Fsp3) is 0.400. The van der Waals surface area contributed by atoms with Gasteiger partial charge in [-0.15, -0.1) is 5.10 Å². The third-order valence-corrected chi connectivity index (χ3v) is 4.30. The van der Waals surface area contributed by atoms with Crippen LogP contribution in [0.5, 0.6) is 0 Å². The number of para-hydroxylation sites is 1. The van der Waals surface area contributed by atoms with Crippen molar-refractivity contribution in [3.63, 3.8) is 0 Å².